The van der Waals surface area contributed by atoms with Gasteiger partial charge in [0.15, 0.2) is 12.7 Å². The first kappa shape index (κ1) is 22.9. The minimum atomic E-state index is -0.787. The van der Waals surface area contributed by atoms with Crippen LogP contribution in [-0.2, 0) is 14.3 Å². The van der Waals surface area contributed by atoms with Crippen molar-refractivity contribution in [1.29, 1.82) is 0 Å². The van der Waals surface area contributed by atoms with Gasteiger partial charge in [-0.05, 0) is 56.7 Å². The summed E-state index contributed by atoms with van der Waals surface area (Å²) in [7, 11) is 0. The maximum Gasteiger partial charge on any atom is 0.347 e. The van der Waals surface area contributed by atoms with Crippen LogP contribution in [0, 0.1) is 0 Å². The SMILES string of the molecule is CC[C@H](Oc1ccccc1)C(=O)OCC(=O)Nc1ccc(C(=O)N(CC)CC)cc1. The summed E-state index contributed by atoms with van der Waals surface area (Å²) in [6.07, 6.45) is -0.372. The average molecular weight is 412 g/mol. The summed E-state index contributed by atoms with van der Waals surface area (Å²) in [6.45, 7) is 6.48. The quantitative estimate of drug-likeness (QED) is 0.604. The van der Waals surface area contributed by atoms with Crippen LogP contribution < -0.4 is 10.1 Å². The third kappa shape index (κ3) is 6.62. The Bertz CT molecular complexity index is 832. The molecule has 7 heteroatoms. The summed E-state index contributed by atoms with van der Waals surface area (Å²) in [5.41, 5.74) is 1.06. The third-order valence-electron chi connectivity index (χ3n) is 4.47. The number of amides is 2. The van der Waals surface area contributed by atoms with E-state index in [1.54, 1.807) is 48.2 Å². The molecule has 7 nitrogen and oxygen atoms in total. The molecule has 1 atom stereocenters. The molecule has 0 unspecified atom stereocenters. The topological polar surface area (TPSA) is 84.9 Å². The van der Waals surface area contributed by atoms with Gasteiger partial charge in [0.1, 0.15) is 5.75 Å². The number of carbonyl (C=O) groups is 3. The first-order valence-electron chi connectivity index (χ1n) is 10.1. The number of hydrogen-bond acceptors (Lipinski definition) is 5. The Morgan fingerprint density at radius 2 is 1.57 bits per heavy atom. The second kappa shape index (κ2) is 11.6. The van der Waals surface area contributed by atoms with E-state index in [0.29, 0.717) is 36.5 Å². The van der Waals surface area contributed by atoms with Gasteiger partial charge in [0.05, 0.1) is 0 Å². The van der Waals surface area contributed by atoms with Crippen LogP contribution in [0.4, 0.5) is 5.69 Å². The lowest BCUT2D eigenvalue weighted by atomic mass is 10.2. The summed E-state index contributed by atoms with van der Waals surface area (Å²) in [5.74, 6) is -0.571. The minimum Gasteiger partial charge on any atom is -0.479 e. The number of rotatable bonds is 10. The van der Waals surface area contributed by atoms with Gasteiger partial charge in [-0.1, -0.05) is 25.1 Å². The van der Waals surface area contributed by atoms with Gasteiger partial charge in [-0.2, -0.15) is 0 Å². The number of carbonyl (C=O) groups excluding carboxylic acids is 3. The number of benzene rings is 2. The van der Waals surface area contributed by atoms with Crippen LogP contribution in [-0.4, -0.2) is 48.5 Å². The van der Waals surface area contributed by atoms with Crippen LogP contribution in [0.15, 0.2) is 54.6 Å². The van der Waals surface area contributed by atoms with E-state index >= 15 is 0 Å². The van der Waals surface area contributed by atoms with E-state index in [9.17, 15) is 14.4 Å². The van der Waals surface area contributed by atoms with E-state index in [0.717, 1.165) is 0 Å². The number of hydrogen-bond donors (Lipinski definition) is 1. The molecule has 30 heavy (non-hydrogen) atoms. The molecule has 0 radical (unpaired) electrons. The van der Waals surface area contributed by atoms with E-state index in [1.165, 1.54) is 0 Å². The van der Waals surface area contributed by atoms with Gasteiger partial charge in [-0.25, -0.2) is 4.79 Å². The van der Waals surface area contributed by atoms with E-state index in [1.807, 2.05) is 32.0 Å². The van der Waals surface area contributed by atoms with Crippen molar-refractivity contribution < 1.29 is 23.9 Å². The normalized spacial score (nSPS) is 11.3. The van der Waals surface area contributed by atoms with E-state index in [-0.39, 0.29) is 5.91 Å². The largest absolute Gasteiger partial charge is 0.479 e. The minimum absolute atomic E-state index is 0.0594. The number of para-hydroxylation sites is 1. The number of nitrogens with one attached hydrogen (secondary N) is 1. The molecule has 1 N–H and O–H groups in total. The average Bonchev–Trinajstić information content (AvgIpc) is 2.77. The van der Waals surface area contributed by atoms with Crippen LogP contribution >= 0.6 is 0 Å². The molecule has 0 saturated carbocycles. The Kier molecular flexibility index (Phi) is 8.87. The summed E-state index contributed by atoms with van der Waals surface area (Å²) in [4.78, 5) is 38.3. The van der Waals surface area contributed by atoms with Gasteiger partial charge < -0.3 is 19.7 Å². The maximum atomic E-state index is 12.3. The highest BCUT2D eigenvalue weighted by molar-refractivity contribution is 5.96. The molecule has 2 rings (SSSR count). The highest BCUT2D eigenvalue weighted by atomic mass is 16.6. The monoisotopic (exact) mass is 412 g/mol. The molecule has 0 heterocycles. The molecule has 2 aromatic carbocycles. The Balaban J connectivity index is 1.85. The van der Waals surface area contributed by atoms with Crippen LogP contribution in [0.2, 0.25) is 0 Å². The fourth-order valence-corrected chi connectivity index (χ4v) is 2.78. The predicted molar refractivity (Wildman–Crippen MR) is 114 cm³/mol. The van der Waals surface area contributed by atoms with Crippen molar-refractivity contribution in [2.24, 2.45) is 0 Å². The second-order valence-electron chi connectivity index (χ2n) is 6.54. The lowest BCUT2D eigenvalue weighted by Crippen LogP contribution is -2.31. The van der Waals surface area contributed by atoms with E-state index < -0.39 is 24.6 Å². The third-order valence-corrected chi connectivity index (χ3v) is 4.47. The molecule has 0 saturated heterocycles. The van der Waals surface area contributed by atoms with Crippen molar-refractivity contribution >= 4 is 23.5 Å². The van der Waals surface area contributed by atoms with Crippen molar-refractivity contribution in [3.05, 3.63) is 60.2 Å². The van der Waals surface area contributed by atoms with Gasteiger partial charge in [0, 0.05) is 24.3 Å². The molecule has 160 valence electrons. The van der Waals surface area contributed by atoms with Crippen molar-refractivity contribution in [2.45, 2.75) is 33.3 Å². The molecule has 0 spiro atoms. The number of ether oxygens (including phenoxy) is 2. The van der Waals surface area contributed by atoms with Crippen molar-refractivity contribution in [3.63, 3.8) is 0 Å². The van der Waals surface area contributed by atoms with Gasteiger partial charge in [-0.15, -0.1) is 0 Å². The van der Waals surface area contributed by atoms with Crippen molar-refractivity contribution in [3.8, 4) is 5.75 Å². The van der Waals surface area contributed by atoms with Gasteiger partial charge in [0.2, 0.25) is 0 Å². The smallest absolute Gasteiger partial charge is 0.347 e. The predicted octanol–water partition coefficient (Wildman–Crippen LogP) is 3.51. The molecule has 2 aromatic rings. The lowest BCUT2D eigenvalue weighted by Gasteiger charge is -2.18. The molecule has 0 bridgehead atoms. The Morgan fingerprint density at radius 1 is 0.933 bits per heavy atom. The van der Waals surface area contributed by atoms with Gasteiger partial charge in [0.25, 0.3) is 11.8 Å². The van der Waals surface area contributed by atoms with Crippen LogP contribution in [0.3, 0.4) is 0 Å². The maximum absolute atomic E-state index is 12.3. The standard InChI is InChI=1S/C23H28N2O5/c1-4-20(30-19-10-8-7-9-11-19)23(28)29-16-21(26)24-18-14-12-17(13-15-18)22(27)25(5-2)6-3/h7-15,20H,4-6,16H2,1-3H3,(H,24,26)/t20-/m0/s1. The summed E-state index contributed by atoms with van der Waals surface area (Å²) < 4.78 is 10.7. The van der Waals surface area contributed by atoms with Gasteiger partial charge in [-0.3, -0.25) is 9.59 Å². The zero-order valence-electron chi connectivity index (χ0n) is 17.6. The summed E-state index contributed by atoms with van der Waals surface area (Å²) in [5, 5.41) is 2.65. The summed E-state index contributed by atoms with van der Waals surface area (Å²) >= 11 is 0. The van der Waals surface area contributed by atoms with E-state index in [2.05, 4.69) is 5.32 Å². The molecular formula is C23H28N2O5. The molecule has 0 aliphatic carbocycles. The van der Waals surface area contributed by atoms with Crippen molar-refractivity contribution in [2.75, 3.05) is 25.0 Å². The molecule has 2 amide bonds. The Morgan fingerprint density at radius 3 is 2.13 bits per heavy atom. The Labute approximate surface area is 177 Å². The first-order valence-corrected chi connectivity index (χ1v) is 10.1. The fourth-order valence-electron chi connectivity index (χ4n) is 2.78. The second-order valence-corrected chi connectivity index (χ2v) is 6.54. The number of nitrogens with zero attached hydrogens (tertiary/aromatic N) is 1. The van der Waals surface area contributed by atoms with Crippen LogP contribution in [0.1, 0.15) is 37.6 Å². The molecule has 0 aliphatic heterocycles. The summed E-state index contributed by atoms with van der Waals surface area (Å²) in [6, 6.07) is 15.6. The van der Waals surface area contributed by atoms with Crippen molar-refractivity contribution in [1.82, 2.24) is 4.90 Å². The van der Waals surface area contributed by atoms with Gasteiger partial charge >= 0.3 is 5.97 Å². The fraction of sp³-hybridized carbons (Fsp3) is 0.348. The molecule has 0 aromatic heterocycles. The first-order chi connectivity index (χ1) is 14.5. The highest BCUT2D eigenvalue weighted by Gasteiger charge is 2.21. The number of esters is 1. The molecular weight excluding hydrogens is 384 g/mol. The zero-order chi connectivity index (χ0) is 21.9. The van der Waals surface area contributed by atoms with Crippen LogP contribution in [0.5, 0.6) is 5.75 Å². The van der Waals surface area contributed by atoms with E-state index in [4.69, 9.17) is 9.47 Å². The highest BCUT2D eigenvalue weighted by Crippen LogP contribution is 2.14. The van der Waals surface area contributed by atoms with Crippen LogP contribution in [0.25, 0.3) is 0 Å². The zero-order valence-corrected chi connectivity index (χ0v) is 17.6. The Hall–Kier alpha value is -3.35. The molecule has 0 aliphatic rings. The molecule has 0 fully saturated rings. The lowest BCUT2D eigenvalue weighted by molar-refractivity contribution is -0.154. The number of anilines is 1.